The molecule has 0 amide bonds. The normalized spacial score (nSPS) is 30.7. The molecule has 1 saturated heterocycles. The van der Waals surface area contributed by atoms with Crippen molar-refractivity contribution in [3.05, 3.63) is 0 Å². The minimum absolute atomic E-state index is 1.02. The van der Waals surface area contributed by atoms with Crippen LogP contribution >= 0.6 is 0 Å². The van der Waals surface area contributed by atoms with Crippen LogP contribution in [0.2, 0.25) is 0 Å². The van der Waals surface area contributed by atoms with E-state index >= 15 is 0 Å². The summed E-state index contributed by atoms with van der Waals surface area (Å²) < 4.78 is 0. The highest BCUT2D eigenvalue weighted by atomic mass is 15.2. The van der Waals surface area contributed by atoms with Gasteiger partial charge in [0.25, 0.3) is 0 Å². The summed E-state index contributed by atoms with van der Waals surface area (Å²) in [5, 5.41) is 0. The number of hydrogen-bond acceptors (Lipinski definition) is 1. The summed E-state index contributed by atoms with van der Waals surface area (Å²) >= 11 is 0. The van der Waals surface area contributed by atoms with Crippen LogP contribution in [0.25, 0.3) is 0 Å². The summed E-state index contributed by atoms with van der Waals surface area (Å²) in [4.78, 5) is 2.67. The van der Waals surface area contributed by atoms with E-state index in [1.165, 1.54) is 45.2 Å². The van der Waals surface area contributed by atoms with Crippen LogP contribution in [0.1, 0.15) is 32.1 Å². The quantitative estimate of drug-likeness (QED) is 0.515. The third-order valence-corrected chi connectivity index (χ3v) is 2.45. The van der Waals surface area contributed by atoms with Crippen molar-refractivity contribution in [3.63, 3.8) is 0 Å². The fourth-order valence-electron chi connectivity index (χ4n) is 1.72. The van der Waals surface area contributed by atoms with Crippen molar-refractivity contribution in [2.75, 3.05) is 13.1 Å². The van der Waals surface area contributed by atoms with Crippen molar-refractivity contribution in [2.24, 2.45) is 0 Å². The molecule has 0 atom stereocenters. The number of nitrogens with zero attached hydrogens (tertiary/aromatic N) is 1. The van der Waals surface area contributed by atoms with Gasteiger partial charge in [0, 0.05) is 6.04 Å². The van der Waals surface area contributed by atoms with Gasteiger partial charge in [0.05, 0.1) is 0 Å². The van der Waals surface area contributed by atoms with Crippen LogP contribution in [0.15, 0.2) is 0 Å². The lowest BCUT2D eigenvalue weighted by Gasteiger charge is -2.25. The zero-order valence-corrected chi connectivity index (χ0v) is 5.97. The van der Waals surface area contributed by atoms with Gasteiger partial charge in [-0.2, -0.15) is 0 Å². The van der Waals surface area contributed by atoms with Crippen LogP contribution in [0.3, 0.4) is 0 Å². The molecule has 2 fully saturated rings. The minimum Gasteiger partial charge on any atom is -0.300 e. The summed E-state index contributed by atoms with van der Waals surface area (Å²) in [5.41, 5.74) is 0. The fourth-order valence-corrected chi connectivity index (χ4v) is 1.72. The SMILES string of the molecule is C1CCN(C2CC2)CC1. The molecule has 2 rings (SSSR count). The van der Waals surface area contributed by atoms with E-state index in [4.69, 9.17) is 0 Å². The number of piperidine rings is 1. The van der Waals surface area contributed by atoms with Crippen molar-refractivity contribution >= 4 is 0 Å². The Bertz CT molecular complexity index is 90.7. The van der Waals surface area contributed by atoms with E-state index in [0.29, 0.717) is 0 Å². The molecule has 1 heteroatoms. The average Bonchev–Trinajstić information content (AvgIpc) is 2.71. The molecule has 0 radical (unpaired) electrons. The number of hydrogen-bond donors (Lipinski definition) is 0. The molecule has 1 aliphatic carbocycles. The lowest BCUT2D eigenvalue weighted by atomic mass is 10.1. The Morgan fingerprint density at radius 2 is 1.56 bits per heavy atom. The Morgan fingerprint density at radius 1 is 0.889 bits per heavy atom. The molecular weight excluding hydrogens is 110 g/mol. The summed E-state index contributed by atoms with van der Waals surface area (Å²) in [5.74, 6) is 0. The molecule has 0 spiro atoms. The molecule has 1 nitrogen and oxygen atoms in total. The maximum atomic E-state index is 2.67. The third-order valence-electron chi connectivity index (χ3n) is 2.45. The van der Waals surface area contributed by atoms with Crippen molar-refractivity contribution < 1.29 is 0 Å². The van der Waals surface area contributed by atoms with Crippen molar-refractivity contribution in [1.82, 2.24) is 4.90 Å². The highest BCUT2D eigenvalue weighted by Gasteiger charge is 2.28. The van der Waals surface area contributed by atoms with E-state index in [1.54, 1.807) is 0 Å². The molecule has 0 unspecified atom stereocenters. The summed E-state index contributed by atoms with van der Waals surface area (Å²) in [7, 11) is 0. The second-order valence-corrected chi connectivity index (χ2v) is 3.33. The van der Waals surface area contributed by atoms with E-state index < -0.39 is 0 Å². The Balaban J connectivity index is 1.80. The fraction of sp³-hybridized carbons (Fsp3) is 1.00. The van der Waals surface area contributed by atoms with Gasteiger partial charge in [0.1, 0.15) is 0 Å². The standard InChI is InChI=1S/C8H15N/c1-2-6-9(7-3-1)8-4-5-8/h8H,1-7H2. The second-order valence-electron chi connectivity index (χ2n) is 3.33. The zero-order valence-electron chi connectivity index (χ0n) is 5.97. The van der Waals surface area contributed by atoms with E-state index in [0.717, 1.165) is 6.04 Å². The third kappa shape index (κ3) is 1.26. The molecule has 2 aliphatic rings. The lowest BCUT2D eigenvalue weighted by molar-refractivity contribution is 0.219. The summed E-state index contributed by atoms with van der Waals surface area (Å²) in [6.45, 7) is 2.79. The van der Waals surface area contributed by atoms with E-state index in [-0.39, 0.29) is 0 Å². The van der Waals surface area contributed by atoms with Crippen LogP contribution in [-0.2, 0) is 0 Å². The molecule has 1 aliphatic heterocycles. The van der Waals surface area contributed by atoms with Gasteiger partial charge < -0.3 is 4.90 Å². The first kappa shape index (κ1) is 5.72. The topological polar surface area (TPSA) is 3.24 Å². The lowest BCUT2D eigenvalue weighted by Crippen LogP contribution is -2.31. The molecule has 0 bridgehead atoms. The predicted octanol–water partition coefficient (Wildman–Crippen LogP) is 1.63. The first-order valence-electron chi connectivity index (χ1n) is 4.21. The van der Waals surface area contributed by atoms with Gasteiger partial charge in [-0.15, -0.1) is 0 Å². The Labute approximate surface area is 57.0 Å². The molecular formula is C8H15N. The van der Waals surface area contributed by atoms with Crippen molar-refractivity contribution in [1.29, 1.82) is 0 Å². The van der Waals surface area contributed by atoms with Gasteiger partial charge in [-0.25, -0.2) is 0 Å². The van der Waals surface area contributed by atoms with Crippen LogP contribution in [0.5, 0.6) is 0 Å². The van der Waals surface area contributed by atoms with E-state index in [1.807, 2.05) is 0 Å². The molecule has 0 aromatic carbocycles. The van der Waals surface area contributed by atoms with Gasteiger partial charge in [0.2, 0.25) is 0 Å². The first-order chi connectivity index (χ1) is 4.47. The van der Waals surface area contributed by atoms with Crippen LogP contribution < -0.4 is 0 Å². The molecule has 0 aromatic heterocycles. The maximum absolute atomic E-state index is 2.67. The molecule has 1 saturated carbocycles. The van der Waals surface area contributed by atoms with Gasteiger partial charge >= 0.3 is 0 Å². The van der Waals surface area contributed by atoms with E-state index in [2.05, 4.69) is 4.90 Å². The highest BCUT2D eigenvalue weighted by molar-refractivity contribution is 4.85. The Hall–Kier alpha value is -0.0400. The smallest absolute Gasteiger partial charge is 0.00964 e. The summed E-state index contributed by atoms with van der Waals surface area (Å²) in [6, 6.07) is 1.02. The monoisotopic (exact) mass is 125 g/mol. The second kappa shape index (κ2) is 2.30. The molecule has 0 N–H and O–H groups in total. The van der Waals surface area contributed by atoms with Crippen LogP contribution in [0, 0.1) is 0 Å². The number of rotatable bonds is 1. The van der Waals surface area contributed by atoms with Crippen LogP contribution in [-0.4, -0.2) is 24.0 Å². The predicted molar refractivity (Wildman–Crippen MR) is 38.4 cm³/mol. The maximum Gasteiger partial charge on any atom is 0.00964 e. The molecule has 9 heavy (non-hydrogen) atoms. The minimum atomic E-state index is 1.02. The van der Waals surface area contributed by atoms with Gasteiger partial charge in [-0.05, 0) is 38.8 Å². The van der Waals surface area contributed by atoms with Gasteiger partial charge in [-0.1, -0.05) is 6.42 Å². The Kier molecular flexibility index (Phi) is 1.46. The van der Waals surface area contributed by atoms with Crippen molar-refractivity contribution in [3.8, 4) is 0 Å². The molecule has 0 aromatic rings. The van der Waals surface area contributed by atoms with Gasteiger partial charge in [0.15, 0.2) is 0 Å². The average molecular weight is 125 g/mol. The Morgan fingerprint density at radius 3 is 2.11 bits per heavy atom. The van der Waals surface area contributed by atoms with Crippen molar-refractivity contribution in [2.45, 2.75) is 38.1 Å². The van der Waals surface area contributed by atoms with Crippen LogP contribution in [0.4, 0.5) is 0 Å². The first-order valence-corrected chi connectivity index (χ1v) is 4.21. The summed E-state index contributed by atoms with van der Waals surface area (Å²) in [6.07, 6.45) is 7.36. The molecule has 1 heterocycles. The molecule has 52 valence electrons. The van der Waals surface area contributed by atoms with Gasteiger partial charge in [-0.3, -0.25) is 0 Å². The van der Waals surface area contributed by atoms with E-state index in [9.17, 15) is 0 Å². The zero-order chi connectivity index (χ0) is 6.10. The largest absolute Gasteiger partial charge is 0.300 e. The highest BCUT2D eigenvalue weighted by Crippen LogP contribution is 2.28. The number of likely N-dealkylation sites (tertiary alicyclic amines) is 1.